The van der Waals surface area contributed by atoms with E-state index < -0.39 is 0 Å². The van der Waals surface area contributed by atoms with Gasteiger partial charge in [-0.2, -0.15) is 0 Å². The minimum absolute atomic E-state index is 0.120. The van der Waals surface area contributed by atoms with Gasteiger partial charge in [0.05, 0.1) is 11.3 Å². The molecule has 0 atom stereocenters. The summed E-state index contributed by atoms with van der Waals surface area (Å²) in [6, 6.07) is 21.8. The number of carbonyl (C=O) groups is 1. The molecule has 0 radical (unpaired) electrons. The highest BCUT2D eigenvalue weighted by molar-refractivity contribution is 7.99. The van der Waals surface area contributed by atoms with Crippen molar-refractivity contribution >= 4 is 23.4 Å². The Hall–Kier alpha value is -3.85. The summed E-state index contributed by atoms with van der Waals surface area (Å²) in [7, 11) is 0. The van der Waals surface area contributed by atoms with Crippen molar-refractivity contribution < 1.29 is 18.7 Å². The Labute approximate surface area is 206 Å². The van der Waals surface area contributed by atoms with Gasteiger partial charge in [0.1, 0.15) is 19.0 Å². The molecule has 178 valence electrons. The molecule has 3 aromatic carbocycles. The summed E-state index contributed by atoms with van der Waals surface area (Å²) in [4.78, 5) is 12.7. The van der Waals surface area contributed by atoms with Crippen LogP contribution in [-0.4, -0.2) is 39.6 Å². The third kappa shape index (κ3) is 5.46. The Kier molecular flexibility index (Phi) is 6.94. The van der Waals surface area contributed by atoms with Crippen LogP contribution in [0.2, 0.25) is 0 Å². The summed E-state index contributed by atoms with van der Waals surface area (Å²) in [5.41, 5.74) is 2.14. The highest BCUT2D eigenvalue weighted by atomic mass is 32.2. The van der Waals surface area contributed by atoms with Crippen LogP contribution in [0.3, 0.4) is 0 Å². The van der Waals surface area contributed by atoms with Crippen molar-refractivity contribution in [3.8, 4) is 22.9 Å². The number of carbonyl (C=O) groups excluding carboxylic acids is 1. The fourth-order valence-electron chi connectivity index (χ4n) is 3.77. The number of fused-ring (bicyclic) bond motifs is 1. The second-order valence-electron chi connectivity index (χ2n) is 7.87. The summed E-state index contributed by atoms with van der Waals surface area (Å²) in [5.74, 6) is 1.27. The molecule has 9 heteroatoms. The van der Waals surface area contributed by atoms with Crippen molar-refractivity contribution in [2.75, 3.05) is 24.3 Å². The number of hydrogen-bond acceptors (Lipinski definition) is 6. The number of aromatic nitrogens is 3. The quantitative estimate of drug-likeness (QED) is 0.357. The molecule has 0 saturated heterocycles. The van der Waals surface area contributed by atoms with Gasteiger partial charge in [0.2, 0.25) is 5.91 Å². The van der Waals surface area contributed by atoms with Gasteiger partial charge in [-0.25, -0.2) is 4.39 Å². The Bertz CT molecular complexity index is 1330. The molecule has 4 aromatic rings. The van der Waals surface area contributed by atoms with Crippen molar-refractivity contribution in [1.29, 1.82) is 0 Å². The number of amides is 1. The molecule has 5 rings (SSSR count). The molecule has 1 aromatic heterocycles. The minimum atomic E-state index is -0.367. The van der Waals surface area contributed by atoms with E-state index >= 15 is 0 Å². The van der Waals surface area contributed by atoms with Gasteiger partial charge in [0.15, 0.2) is 22.5 Å². The lowest BCUT2D eigenvalue weighted by Gasteiger charge is -2.19. The SMILES string of the molecule is O=C(CSc1nnc(-c2ccccc2F)n1CCc1ccccc1)Nc1ccc2c(c1)OCCO2. The lowest BCUT2D eigenvalue weighted by Crippen LogP contribution is -2.17. The lowest BCUT2D eigenvalue weighted by atomic mass is 10.1. The molecule has 0 spiro atoms. The van der Waals surface area contributed by atoms with E-state index in [4.69, 9.17) is 9.47 Å². The molecular formula is C26H23FN4O3S. The average Bonchev–Trinajstić information content (AvgIpc) is 3.29. The van der Waals surface area contributed by atoms with Gasteiger partial charge in [-0.3, -0.25) is 4.79 Å². The third-order valence-electron chi connectivity index (χ3n) is 5.46. The number of aryl methyl sites for hydroxylation is 1. The molecule has 7 nitrogen and oxygen atoms in total. The molecule has 0 saturated carbocycles. The van der Waals surface area contributed by atoms with E-state index in [-0.39, 0.29) is 17.5 Å². The summed E-state index contributed by atoms with van der Waals surface area (Å²) >= 11 is 1.26. The fourth-order valence-corrected chi connectivity index (χ4v) is 4.54. The zero-order valence-electron chi connectivity index (χ0n) is 18.8. The number of anilines is 1. The molecule has 1 N–H and O–H groups in total. The predicted octanol–water partition coefficient (Wildman–Crippen LogP) is 4.83. The Balaban J connectivity index is 1.31. The first kappa shape index (κ1) is 22.9. The van der Waals surface area contributed by atoms with Crippen molar-refractivity contribution in [1.82, 2.24) is 14.8 Å². The Morgan fingerprint density at radius 2 is 1.74 bits per heavy atom. The number of halogens is 1. The number of rotatable bonds is 8. The monoisotopic (exact) mass is 490 g/mol. The second-order valence-corrected chi connectivity index (χ2v) is 8.81. The molecule has 1 aliphatic heterocycles. The molecule has 0 aliphatic carbocycles. The zero-order chi connectivity index (χ0) is 24.0. The van der Waals surface area contributed by atoms with Crippen LogP contribution in [0.1, 0.15) is 5.56 Å². The maximum absolute atomic E-state index is 14.5. The van der Waals surface area contributed by atoms with Gasteiger partial charge in [-0.1, -0.05) is 54.2 Å². The zero-order valence-corrected chi connectivity index (χ0v) is 19.6. The van der Waals surface area contributed by atoms with Crippen LogP contribution in [0.15, 0.2) is 78.0 Å². The van der Waals surface area contributed by atoms with E-state index in [0.29, 0.717) is 53.5 Å². The largest absolute Gasteiger partial charge is 0.486 e. The van der Waals surface area contributed by atoms with Gasteiger partial charge in [-0.15, -0.1) is 10.2 Å². The van der Waals surface area contributed by atoms with Gasteiger partial charge in [0, 0.05) is 18.3 Å². The highest BCUT2D eigenvalue weighted by Gasteiger charge is 2.19. The van der Waals surface area contributed by atoms with E-state index in [9.17, 15) is 9.18 Å². The maximum atomic E-state index is 14.5. The van der Waals surface area contributed by atoms with Crippen LogP contribution < -0.4 is 14.8 Å². The van der Waals surface area contributed by atoms with E-state index in [2.05, 4.69) is 15.5 Å². The van der Waals surface area contributed by atoms with Crippen LogP contribution in [0.5, 0.6) is 11.5 Å². The predicted molar refractivity (Wildman–Crippen MR) is 132 cm³/mol. The maximum Gasteiger partial charge on any atom is 0.234 e. The molecule has 0 unspecified atom stereocenters. The van der Waals surface area contributed by atoms with Gasteiger partial charge >= 0.3 is 0 Å². The van der Waals surface area contributed by atoms with E-state index in [1.54, 1.807) is 36.4 Å². The van der Waals surface area contributed by atoms with Gasteiger partial charge in [0.25, 0.3) is 0 Å². The second kappa shape index (κ2) is 10.6. The van der Waals surface area contributed by atoms with Crippen molar-refractivity contribution in [2.24, 2.45) is 0 Å². The molecular weight excluding hydrogens is 467 g/mol. The number of benzene rings is 3. The standard InChI is InChI=1S/C26H23FN4O3S/c27-21-9-5-4-8-20(21)25-29-30-26(31(25)13-12-18-6-2-1-3-7-18)35-17-24(32)28-19-10-11-22-23(16-19)34-15-14-33-22/h1-11,16H,12-15,17H2,(H,28,32). The minimum Gasteiger partial charge on any atom is -0.486 e. The molecule has 0 bridgehead atoms. The summed E-state index contributed by atoms with van der Waals surface area (Å²) in [6.07, 6.45) is 0.720. The Morgan fingerprint density at radius 1 is 0.971 bits per heavy atom. The Morgan fingerprint density at radius 3 is 2.57 bits per heavy atom. The fraction of sp³-hybridized carbons (Fsp3) is 0.192. The first-order valence-electron chi connectivity index (χ1n) is 11.2. The topological polar surface area (TPSA) is 78.3 Å². The molecule has 1 aliphatic rings. The number of hydrogen-bond donors (Lipinski definition) is 1. The molecule has 2 heterocycles. The van der Waals surface area contributed by atoms with E-state index in [0.717, 1.165) is 12.0 Å². The van der Waals surface area contributed by atoms with Gasteiger partial charge < -0.3 is 19.4 Å². The first-order valence-corrected chi connectivity index (χ1v) is 12.2. The summed E-state index contributed by atoms with van der Waals surface area (Å²) in [5, 5.41) is 12.0. The molecule has 0 fully saturated rings. The molecule has 35 heavy (non-hydrogen) atoms. The number of ether oxygens (including phenoxy) is 2. The number of thioether (sulfide) groups is 1. The van der Waals surface area contributed by atoms with Crippen LogP contribution in [0.4, 0.5) is 10.1 Å². The average molecular weight is 491 g/mol. The number of nitrogens with one attached hydrogen (secondary N) is 1. The molecule has 1 amide bonds. The van der Waals surface area contributed by atoms with Crippen molar-refractivity contribution in [3.05, 3.63) is 84.2 Å². The summed E-state index contributed by atoms with van der Waals surface area (Å²) in [6.45, 7) is 1.53. The van der Waals surface area contributed by atoms with Gasteiger partial charge in [-0.05, 0) is 36.2 Å². The van der Waals surface area contributed by atoms with Crippen molar-refractivity contribution in [2.45, 2.75) is 18.1 Å². The van der Waals surface area contributed by atoms with E-state index in [1.807, 2.05) is 34.9 Å². The summed E-state index contributed by atoms with van der Waals surface area (Å²) < 4.78 is 27.5. The highest BCUT2D eigenvalue weighted by Crippen LogP contribution is 2.33. The van der Waals surface area contributed by atoms with Crippen LogP contribution in [-0.2, 0) is 17.8 Å². The van der Waals surface area contributed by atoms with Crippen LogP contribution >= 0.6 is 11.8 Å². The van der Waals surface area contributed by atoms with Crippen LogP contribution in [0, 0.1) is 5.82 Å². The number of nitrogens with zero attached hydrogens (tertiary/aromatic N) is 3. The van der Waals surface area contributed by atoms with Crippen molar-refractivity contribution in [3.63, 3.8) is 0 Å². The third-order valence-corrected chi connectivity index (χ3v) is 6.42. The lowest BCUT2D eigenvalue weighted by molar-refractivity contribution is -0.113. The first-order chi connectivity index (χ1) is 17.2. The van der Waals surface area contributed by atoms with E-state index in [1.165, 1.54) is 17.8 Å². The normalized spacial score (nSPS) is 12.4. The van der Waals surface area contributed by atoms with Crippen LogP contribution in [0.25, 0.3) is 11.4 Å². The smallest absolute Gasteiger partial charge is 0.234 e.